The third kappa shape index (κ3) is 18.6. The molecule has 3 saturated carbocycles. The smallest absolute Gasteiger partial charge is 0.248 e. The number of likely N-dealkylation sites (tertiary alicyclic amines) is 1. The van der Waals surface area contributed by atoms with Crippen molar-refractivity contribution in [3.8, 4) is 0 Å². The molecular formula is C73H121N13O13. The topological polar surface area (TPSA) is 291 Å². The van der Waals surface area contributed by atoms with Crippen LogP contribution in [-0.2, 0) is 62.3 Å². The van der Waals surface area contributed by atoms with Crippen LogP contribution in [-0.4, -0.2) is 270 Å². The fourth-order valence-corrected chi connectivity index (χ4v) is 17.1. The van der Waals surface area contributed by atoms with E-state index in [1.54, 1.807) is 33.0 Å². The first-order valence-electron chi connectivity index (χ1n) is 37.8. The highest BCUT2D eigenvalue weighted by molar-refractivity contribution is 6.01. The molecule has 12 amide bonds. The summed E-state index contributed by atoms with van der Waals surface area (Å²) in [5, 5.41) is 12.6. The van der Waals surface area contributed by atoms with E-state index in [1.165, 1.54) is 67.4 Å². The summed E-state index contributed by atoms with van der Waals surface area (Å²) >= 11 is 0. The molecule has 0 aromatic heterocycles. The molecule has 4 N–H and O–H groups in total. The first-order valence-corrected chi connectivity index (χ1v) is 37.8. The van der Waals surface area contributed by atoms with Gasteiger partial charge >= 0.3 is 0 Å². The van der Waals surface area contributed by atoms with Crippen LogP contribution in [0, 0.1) is 29.6 Å². The molecule has 556 valence electrons. The maximum atomic E-state index is 15.8. The summed E-state index contributed by atoms with van der Waals surface area (Å²) in [6, 6.07) is -9.96. The molecule has 1 spiro atoms. The molecule has 5 saturated heterocycles. The summed E-state index contributed by atoms with van der Waals surface area (Å²) in [7, 11) is 10.8. The minimum atomic E-state index is -1.46. The number of rotatable bonds is 12. The van der Waals surface area contributed by atoms with E-state index in [-0.39, 0.29) is 75.1 Å². The predicted octanol–water partition coefficient (Wildman–Crippen LogP) is 4.01. The first-order chi connectivity index (χ1) is 47.1. The van der Waals surface area contributed by atoms with Gasteiger partial charge in [-0.3, -0.25) is 62.9 Å². The van der Waals surface area contributed by atoms with E-state index in [9.17, 15) is 19.2 Å². The number of nitrogens with one attached hydrogen (secondary N) is 4. The van der Waals surface area contributed by atoms with Gasteiger partial charge in [0.1, 0.15) is 66.1 Å². The number of hydrogen-bond donors (Lipinski definition) is 4. The molecule has 8 rings (SSSR count). The molecule has 5 aliphatic heterocycles. The van der Waals surface area contributed by atoms with Gasteiger partial charge in [0.25, 0.3) is 0 Å². The van der Waals surface area contributed by atoms with Crippen LogP contribution >= 0.6 is 0 Å². The van der Waals surface area contributed by atoms with E-state index in [0.29, 0.717) is 77.4 Å². The van der Waals surface area contributed by atoms with E-state index in [1.807, 2.05) is 27.7 Å². The van der Waals surface area contributed by atoms with Crippen LogP contribution in [0.5, 0.6) is 0 Å². The van der Waals surface area contributed by atoms with Gasteiger partial charge in [-0.2, -0.15) is 0 Å². The summed E-state index contributed by atoms with van der Waals surface area (Å²) < 4.78 is 5.56. The van der Waals surface area contributed by atoms with Gasteiger partial charge in [-0.05, 0) is 139 Å². The average molecular weight is 1390 g/mol. The first kappa shape index (κ1) is 78.3. The van der Waals surface area contributed by atoms with E-state index < -0.39 is 150 Å². The Morgan fingerprint density at radius 1 is 0.576 bits per heavy atom. The number of methoxy groups -OCH3 is 1. The van der Waals surface area contributed by atoms with Crippen LogP contribution in [0.25, 0.3) is 0 Å². The largest absolute Gasteiger partial charge is 0.367 e. The predicted molar refractivity (Wildman–Crippen MR) is 372 cm³/mol. The fourth-order valence-electron chi connectivity index (χ4n) is 17.1. The fraction of sp³-hybridized carbons (Fsp3) is 0.836. The third-order valence-corrected chi connectivity index (χ3v) is 23.9. The molecule has 26 nitrogen and oxygen atoms in total. The minimum Gasteiger partial charge on any atom is -0.367 e. The number of nitrogens with zero attached hydrogens (tertiary/aromatic N) is 9. The van der Waals surface area contributed by atoms with Gasteiger partial charge in [0.15, 0.2) is 0 Å². The molecule has 0 aromatic carbocycles. The summed E-state index contributed by atoms with van der Waals surface area (Å²) in [6.07, 6.45) is 15.3. The highest BCUT2D eigenvalue weighted by Crippen LogP contribution is 2.38. The normalized spacial score (nSPS) is 31.2. The third-order valence-electron chi connectivity index (χ3n) is 23.9. The zero-order valence-electron chi connectivity index (χ0n) is 61.8. The van der Waals surface area contributed by atoms with Gasteiger partial charge < -0.3 is 64.8 Å². The molecule has 12 atom stereocenters. The van der Waals surface area contributed by atoms with Crippen LogP contribution in [0.2, 0.25) is 0 Å². The Bertz CT molecular complexity index is 2860. The molecule has 0 radical (unpaired) electrons. The van der Waals surface area contributed by atoms with Crippen LogP contribution < -0.4 is 21.3 Å². The number of likely N-dealkylation sites (N-methyl/N-ethyl adjacent to an activating group) is 6. The minimum absolute atomic E-state index is 0.103. The molecule has 0 bridgehead atoms. The number of hydrogen-bond acceptors (Lipinski definition) is 14. The lowest BCUT2D eigenvalue weighted by atomic mass is 9.84. The maximum absolute atomic E-state index is 15.8. The van der Waals surface area contributed by atoms with Gasteiger partial charge in [-0.15, -0.1) is 0 Å². The molecular weight excluding hydrogens is 1270 g/mol. The Kier molecular flexibility index (Phi) is 28.0. The standard InChI is InChI=1S/C73H121N13O13/c1-13-47(4)61-70(96)79(7)48(5)65(91)86-40-34-54(86)68(94)81(9)56(42-49-25-16-14-17-26-49)67(93)78(6)45-58(87)75-52(32-30-50-31-33-59(99-12)74-44-50)66(92)85-39-24-29-53(85)64(90)77-73(35-20-21-36-73)72(98)83(11)62(51-27-18-19-28-51)71(97)82(10)57(69(95)84-37-22-15-23-38-84)43-60(88)80(8)55(41-46(2)3)63(89)76-61/h46-57,59,61-62,74H,13-45H2,1-12H3,(H,75,87)(H,76,89)(H,77,90)/t47-,48-,50?,52-,53-,54-,55-,56-,57-,59?,61-,62-/m0/s1. The molecule has 2 unspecified atom stereocenters. The number of carbonyl (C=O) groups is 12. The lowest BCUT2D eigenvalue weighted by Gasteiger charge is -2.45. The monoisotopic (exact) mass is 1390 g/mol. The number of amides is 12. The van der Waals surface area contributed by atoms with Crippen molar-refractivity contribution >= 4 is 70.9 Å². The van der Waals surface area contributed by atoms with E-state index in [4.69, 9.17) is 4.74 Å². The lowest BCUT2D eigenvalue weighted by Crippen LogP contribution is -2.65. The van der Waals surface area contributed by atoms with Crippen molar-refractivity contribution in [1.29, 1.82) is 0 Å². The molecule has 5 heterocycles. The van der Waals surface area contributed by atoms with Gasteiger partial charge in [-0.1, -0.05) is 91.9 Å². The van der Waals surface area contributed by atoms with Crippen molar-refractivity contribution < 1.29 is 62.3 Å². The molecule has 0 aromatic rings. The number of ether oxygens (including phenoxy) is 1. The van der Waals surface area contributed by atoms with Crippen molar-refractivity contribution in [2.75, 3.05) is 88.7 Å². The van der Waals surface area contributed by atoms with E-state index in [2.05, 4.69) is 21.3 Å². The van der Waals surface area contributed by atoms with Crippen LogP contribution in [0.4, 0.5) is 0 Å². The molecule has 8 aliphatic rings. The summed E-state index contributed by atoms with van der Waals surface area (Å²) in [5.41, 5.74) is -1.46. The Hall–Kier alpha value is -6.44. The Labute approximate surface area is 588 Å². The van der Waals surface area contributed by atoms with Gasteiger partial charge in [-0.25, -0.2) is 0 Å². The number of carbonyl (C=O) groups excluding carboxylic acids is 12. The van der Waals surface area contributed by atoms with Gasteiger partial charge in [0.05, 0.1) is 13.0 Å². The number of fused-ring (bicyclic) bond motifs is 2. The summed E-state index contributed by atoms with van der Waals surface area (Å²) in [6.45, 7) is 10.5. The number of piperidine rings is 2. The molecule has 3 aliphatic carbocycles. The Morgan fingerprint density at radius 3 is 1.83 bits per heavy atom. The van der Waals surface area contributed by atoms with Crippen molar-refractivity contribution in [2.45, 2.75) is 274 Å². The van der Waals surface area contributed by atoms with Crippen LogP contribution in [0.1, 0.15) is 208 Å². The average Bonchev–Trinajstić information content (AvgIpc) is 1.77. The Balaban J connectivity index is 1.16. The summed E-state index contributed by atoms with van der Waals surface area (Å²) in [4.78, 5) is 194. The van der Waals surface area contributed by atoms with Crippen molar-refractivity contribution in [2.24, 2.45) is 29.6 Å². The van der Waals surface area contributed by atoms with Crippen molar-refractivity contribution in [3.63, 3.8) is 0 Å². The molecule has 8 fully saturated rings. The highest BCUT2D eigenvalue weighted by Gasteiger charge is 2.52. The lowest BCUT2D eigenvalue weighted by molar-refractivity contribution is -0.160. The van der Waals surface area contributed by atoms with Crippen LogP contribution in [0.15, 0.2) is 0 Å². The molecule has 26 heteroatoms. The quantitative estimate of drug-likeness (QED) is 0.215. The zero-order chi connectivity index (χ0) is 72.2. The van der Waals surface area contributed by atoms with E-state index >= 15 is 38.4 Å². The zero-order valence-corrected chi connectivity index (χ0v) is 61.8. The second-order valence-electron chi connectivity index (χ2n) is 31.1. The maximum Gasteiger partial charge on any atom is 0.248 e. The SMILES string of the molecule is CC[C@H](C)[C@@H]1NC(=O)[C@H](CC(C)C)N(C)C(=O)C[C@@H](C(=O)N2CCCCC2)N(C)C(=O)[C@H](C2CCCC2)N(C)C(=O)C2(CCCC2)NC(=O)[C@@H]2CCCN2C(=O)[C@H](CCC2CCC(OC)NC2)NC(=O)CN(C)C(=O)[C@H](CC2CCCCC2)N(C)C(=O)[C@@H]2CCN2C(=O)[C@H](C)N(C)C1=O. The van der Waals surface area contributed by atoms with Crippen molar-refractivity contribution in [3.05, 3.63) is 0 Å². The van der Waals surface area contributed by atoms with Gasteiger partial charge in [0.2, 0.25) is 70.9 Å². The van der Waals surface area contributed by atoms with Crippen LogP contribution in [0.3, 0.4) is 0 Å². The Morgan fingerprint density at radius 2 is 1.22 bits per heavy atom. The van der Waals surface area contributed by atoms with E-state index in [0.717, 1.165) is 77.0 Å². The second kappa shape index (κ2) is 35.4. The molecule has 99 heavy (non-hydrogen) atoms. The van der Waals surface area contributed by atoms with Crippen molar-refractivity contribution in [1.82, 2.24) is 65.4 Å². The summed E-state index contributed by atoms with van der Waals surface area (Å²) in [5.74, 6) is -6.99. The highest BCUT2D eigenvalue weighted by atomic mass is 16.5. The van der Waals surface area contributed by atoms with Gasteiger partial charge in [0, 0.05) is 82.1 Å². The second-order valence-corrected chi connectivity index (χ2v) is 31.1.